The molecule has 6 nitrogen and oxygen atoms in total. The number of allylic oxidation sites excluding steroid dienone is 1. The van der Waals surface area contributed by atoms with E-state index in [0.29, 0.717) is 47.9 Å². The molecule has 0 unspecified atom stereocenters. The molecule has 0 N–H and O–H groups in total. The Hall–Kier alpha value is -3.25. The predicted octanol–water partition coefficient (Wildman–Crippen LogP) is 5.74. The summed E-state index contributed by atoms with van der Waals surface area (Å²) in [5.41, 5.74) is 3.15. The summed E-state index contributed by atoms with van der Waals surface area (Å²) in [6, 6.07) is 15.8. The van der Waals surface area contributed by atoms with E-state index in [2.05, 4.69) is 59.9 Å². The van der Waals surface area contributed by atoms with Gasteiger partial charge < -0.3 is 4.52 Å². The molecule has 0 spiro atoms. The highest BCUT2D eigenvalue weighted by atomic mass is 35.5. The normalized spacial score (nSPS) is 11.2. The summed E-state index contributed by atoms with van der Waals surface area (Å²) in [7, 11) is 0. The smallest absolute Gasteiger partial charge is 0.227 e. The fourth-order valence-corrected chi connectivity index (χ4v) is 3.38. The van der Waals surface area contributed by atoms with Crippen LogP contribution in [0.3, 0.4) is 0 Å². The lowest BCUT2D eigenvalue weighted by molar-refractivity contribution is 0.377. The number of hydrogen-bond acceptors (Lipinski definition) is 5. The summed E-state index contributed by atoms with van der Waals surface area (Å²) in [4.78, 5) is 9.26. The summed E-state index contributed by atoms with van der Waals surface area (Å²) in [6.45, 7) is 8.78. The maximum absolute atomic E-state index is 5.94. The zero-order valence-electron chi connectivity index (χ0n) is 17.6. The third-order valence-corrected chi connectivity index (χ3v) is 5.27. The zero-order chi connectivity index (χ0) is 21.8. The maximum Gasteiger partial charge on any atom is 0.227 e. The largest absolute Gasteiger partial charge is 0.339 e. The quantitative estimate of drug-likeness (QED) is 0.331. The van der Waals surface area contributed by atoms with E-state index in [4.69, 9.17) is 21.1 Å². The summed E-state index contributed by atoms with van der Waals surface area (Å²) < 4.78 is 7.30. The van der Waals surface area contributed by atoms with Gasteiger partial charge in [0.25, 0.3) is 0 Å². The van der Waals surface area contributed by atoms with Gasteiger partial charge in [-0.1, -0.05) is 60.9 Å². The first-order valence-corrected chi connectivity index (χ1v) is 10.6. The number of benzene rings is 2. The number of aromatic nitrogens is 5. The number of rotatable bonds is 8. The van der Waals surface area contributed by atoms with Gasteiger partial charge >= 0.3 is 0 Å². The monoisotopic (exact) mass is 433 g/mol. The van der Waals surface area contributed by atoms with Crippen LogP contribution in [0.4, 0.5) is 0 Å². The highest BCUT2D eigenvalue weighted by Crippen LogP contribution is 2.22. The summed E-state index contributed by atoms with van der Waals surface area (Å²) >= 11 is 5.94. The number of nitrogens with zero attached hydrogens (tertiary/aromatic N) is 5. The molecular formula is C24H24ClN5O. The van der Waals surface area contributed by atoms with Crippen molar-refractivity contribution in [1.82, 2.24) is 24.9 Å². The minimum absolute atomic E-state index is 0.489. The molecule has 2 aromatic heterocycles. The van der Waals surface area contributed by atoms with Gasteiger partial charge in [0.15, 0.2) is 5.82 Å². The van der Waals surface area contributed by atoms with Crippen molar-refractivity contribution in [2.75, 3.05) is 0 Å². The van der Waals surface area contributed by atoms with E-state index in [1.54, 1.807) is 12.1 Å². The molecule has 0 aliphatic heterocycles. The fraction of sp³-hybridized carbons (Fsp3) is 0.250. The van der Waals surface area contributed by atoms with Crippen molar-refractivity contribution in [3.05, 3.63) is 83.5 Å². The average molecular weight is 434 g/mol. The van der Waals surface area contributed by atoms with Crippen LogP contribution in [0, 0.1) is 0 Å². The van der Waals surface area contributed by atoms with Gasteiger partial charge in [0.05, 0.1) is 6.54 Å². The standard InChI is InChI=1S/C24H24ClN5O/c1-4-15-30-21(26-23(28-30)18-7-5-17(6-8-18)16(2)3)13-14-22-27-24(29-31-22)19-9-11-20(25)12-10-19/h4-12,16H,1,13-15H2,2-3H3. The van der Waals surface area contributed by atoms with Crippen LogP contribution in [-0.2, 0) is 19.4 Å². The molecule has 0 fully saturated rings. The Bertz CT molecular complexity index is 1160. The zero-order valence-corrected chi connectivity index (χ0v) is 18.4. The Morgan fingerprint density at radius 1 is 0.968 bits per heavy atom. The van der Waals surface area contributed by atoms with E-state index >= 15 is 0 Å². The molecule has 0 saturated carbocycles. The first kappa shape index (κ1) is 21.0. The van der Waals surface area contributed by atoms with Crippen molar-refractivity contribution in [3.63, 3.8) is 0 Å². The molecule has 0 radical (unpaired) electrons. The highest BCUT2D eigenvalue weighted by molar-refractivity contribution is 6.30. The Morgan fingerprint density at radius 3 is 2.32 bits per heavy atom. The molecule has 31 heavy (non-hydrogen) atoms. The molecule has 158 valence electrons. The second kappa shape index (κ2) is 9.27. The van der Waals surface area contributed by atoms with Crippen LogP contribution < -0.4 is 0 Å². The molecule has 0 aliphatic rings. The van der Waals surface area contributed by atoms with Gasteiger partial charge in [-0.15, -0.1) is 6.58 Å². The van der Waals surface area contributed by atoms with Crippen molar-refractivity contribution < 1.29 is 4.52 Å². The van der Waals surface area contributed by atoms with Crippen LogP contribution in [0.25, 0.3) is 22.8 Å². The number of aryl methyl sites for hydroxylation is 2. The van der Waals surface area contributed by atoms with Crippen LogP contribution in [0.5, 0.6) is 0 Å². The first-order valence-electron chi connectivity index (χ1n) is 10.3. The van der Waals surface area contributed by atoms with Gasteiger partial charge in [-0.25, -0.2) is 9.67 Å². The molecule has 0 bridgehead atoms. The van der Waals surface area contributed by atoms with E-state index in [1.807, 2.05) is 22.9 Å². The summed E-state index contributed by atoms with van der Waals surface area (Å²) in [5, 5.41) is 9.42. The Balaban J connectivity index is 1.50. The molecule has 4 rings (SSSR count). The summed E-state index contributed by atoms with van der Waals surface area (Å²) in [6.07, 6.45) is 3.02. The van der Waals surface area contributed by atoms with Crippen molar-refractivity contribution >= 4 is 11.6 Å². The Morgan fingerprint density at radius 2 is 1.65 bits per heavy atom. The molecular weight excluding hydrogens is 410 g/mol. The average Bonchev–Trinajstić information content (AvgIpc) is 3.40. The molecule has 0 amide bonds. The predicted molar refractivity (Wildman–Crippen MR) is 122 cm³/mol. The van der Waals surface area contributed by atoms with E-state index in [9.17, 15) is 0 Å². The second-order valence-electron chi connectivity index (χ2n) is 7.62. The van der Waals surface area contributed by atoms with Crippen molar-refractivity contribution in [2.24, 2.45) is 0 Å². The lowest BCUT2D eigenvalue weighted by Crippen LogP contribution is -2.05. The topological polar surface area (TPSA) is 69.6 Å². The molecule has 0 aliphatic carbocycles. The molecule has 0 atom stereocenters. The van der Waals surface area contributed by atoms with Gasteiger partial charge in [-0.2, -0.15) is 10.1 Å². The minimum atomic E-state index is 0.489. The van der Waals surface area contributed by atoms with E-state index in [1.165, 1.54) is 5.56 Å². The van der Waals surface area contributed by atoms with E-state index < -0.39 is 0 Å². The van der Waals surface area contributed by atoms with E-state index in [0.717, 1.165) is 17.0 Å². The lowest BCUT2D eigenvalue weighted by atomic mass is 10.0. The fourth-order valence-electron chi connectivity index (χ4n) is 3.26. The Kier molecular flexibility index (Phi) is 6.28. The first-order chi connectivity index (χ1) is 15.0. The van der Waals surface area contributed by atoms with Gasteiger partial charge in [0, 0.05) is 29.0 Å². The van der Waals surface area contributed by atoms with Crippen molar-refractivity contribution in [3.8, 4) is 22.8 Å². The molecule has 2 aromatic carbocycles. The van der Waals surface area contributed by atoms with Gasteiger partial charge in [0.2, 0.25) is 11.7 Å². The molecule has 4 aromatic rings. The van der Waals surface area contributed by atoms with Gasteiger partial charge in [-0.05, 0) is 35.7 Å². The molecule has 2 heterocycles. The third kappa shape index (κ3) is 4.91. The molecule has 7 heteroatoms. The van der Waals surface area contributed by atoms with Crippen molar-refractivity contribution in [1.29, 1.82) is 0 Å². The SMILES string of the molecule is C=CCn1nc(-c2ccc(C(C)C)cc2)nc1CCc1nc(-c2ccc(Cl)cc2)no1. The van der Waals surface area contributed by atoms with Gasteiger partial charge in [-0.3, -0.25) is 0 Å². The number of hydrogen-bond donors (Lipinski definition) is 0. The van der Waals surface area contributed by atoms with Gasteiger partial charge in [0.1, 0.15) is 5.82 Å². The van der Waals surface area contributed by atoms with Crippen LogP contribution in [0.1, 0.15) is 37.0 Å². The minimum Gasteiger partial charge on any atom is -0.339 e. The second-order valence-corrected chi connectivity index (χ2v) is 8.05. The summed E-state index contributed by atoms with van der Waals surface area (Å²) in [5.74, 6) is 3.16. The van der Waals surface area contributed by atoms with Crippen LogP contribution >= 0.6 is 11.6 Å². The van der Waals surface area contributed by atoms with Crippen LogP contribution in [0.2, 0.25) is 5.02 Å². The Labute approximate surface area is 186 Å². The number of halogens is 1. The highest BCUT2D eigenvalue weighted by Gasteiger charge is 2.14. The van der Waals surface area contributed by atoms with Crippen LogP contribution in [0.15, 0.2) is 65.7 Å². The van der Waals surface area contributed by atoms with Crippen molar-refractivity contribution in [2.45, 2.75) is 39.2 Å². The van der Waals surface area contributed by atoms with E-state index in [-0.39, 0.29) is 0 Å². The maximum atomic E-state index is 5.94. The lowest BCUT2D eigenvalue weighted by Gasteiger charge is -2.04. The third-order valence-electron chi connectivity index (χ3n) is 5.02. The van der Waals surface area contributed by atoms with Crippen LogP contribution in [-0.4, -0.2) is 24.9 Å². The molecule has 0 saturated heterocycles.